The highest BCUT2D eigenvalue weighted by molar-refractivity contribution is 5.45. The van der Waals surface area contributed by atoms with Gasteiger partial charge in [-0.15, -0.1) is 0 Å². The minimum absolute atomic E-state index is 0.220. The number of aliphatic hydroxyl groups is 1. The molecule has 0 amide bonds. The van der Waals surface area contributed by atoms with Crippen LogP contribution < -0.4 is 0 Å². The first-order valence-electron chi connectivity index (χ1n) is 9.19. The van der Waals surface area contributed by atoms with Crippen molar-refractivity contribution in [3.8, 4) is 11.5 Å². The summed E-state index contributed by atoms with van der Waals surface area (Å²) in [4.78, 5) is 0. The molecule has 1 rings (SSSR count). The first-order valence-corrected chi connectivity index (χ1v) is 9.19. The molecule has 1 aromatic carbocycles. The molecule has 0 aliphatic carbocycles. The fourth-order valence-electron chi connectivity index (χ4n) is 2.90. The molecular weight excluding hydrogens is 312 g/mol. The van der Waals surface area contributed by atoms with Crippen molar-refractivity contribution in [2.24, 2.45) is 5.92 Å². The fraction of sp³-hybridized carbons (Fsp3) is 0.545. The van der Waals surface area contributed by atoms with Gasteiger partial charge in [0.15, 0.2) is 0 Å². The summed E-state index contributed by atoms with van der Waals surface area (Å²) in [5, 5.41) is 29.7. The summed E-state index contributed by atoms with van der Waals surface area (Å²) in [7, 11) is 0. The van der Waals surface area contributed by atoms with Gasteiger partial charge in [-0.25, -0.2) is 0 Å². The zero-order chi connectivity index (χ0) is 19.0. The van der Waals surface area contributed by atoms with Gasteiger partial charge in [-0.1, -0.05) is 37.1 Å². The summed E-state index contributed by atoms with van der Waals surface area (Å²) in [6.07, 6.45) is 8.17. The van der Waals surface area contributed by atoms with E-state index in [2.05, 4.69) is 39.8 Å². The van der Waals surface area contributed by atoms with Gasteiger partial charge in [0.05, 0.1) is 6.10 Å². The molecule has 0 saturated heterocycles. The number of aliphatic hydroxyl groups excluding tert-OH is 1. The Bertz CT molecular complexity index is 612. The van der Waals surface area contributed by atoms with Gasteiger partial charge >= 0.3 is 0 Å². The minimum atomic E-state index is -0.245. The number of phenolic OH excluding ortho intramolecular Hbond substituents is 2. The molecule has 0 spiro atoms. The van der Waals surface area contributed by atoms with Crippen molar-refractivity contribution in [2.45, 2.75) is 72.8 Å². The summed E-state index contributed by atoms with van der Waals surface area (Å²) in [5.41, 5.74) is 3.92. The Labute approximate surface area is 152 Å². The Balaban J connectivity index is 2.48. The molecule has 0 saturated carbocycles. The molecule has 1 aromatic rings. The second-order valence-corrected chi connectivity index (χ2v) is 7.60. The number of phenols is 2. The summed E-state index contributed by atoms with van der Waals surface area (Å²) in [5.74, 6) is 0.970. The molecular formula is C22H34O3. The molecule has 3 heteroatoms. The zero-order valence-electron chi connectivity index (χ0n) is 16.3. The lowest BCUT2D eigenvalue weighted by molar-refractivity contribution is 0.149. The summed E-state index contributed by atoms with van der Waals surface area (Å²) < 4.78 is 0. The van der Waals surface area contributed by atoms with Crippen molar-refractivity contribution in [1.29, 1.82) is 0 Å². The number of hydrogen-bond acceptors (Lipinski definition) is 3. The first kappa shape index (κ1) is 21.3. The summed E-state index contributed by atoms with van der Waals surface area (Å²) in [6, 6.07) is 3.23. The molecule has 0 aliphatic heterocycles. The first-order chi connectivity index (χ1) is 11.7. The van der Waals surface area contributed by atoms with E-state index in [4.69, 9.17) is 0 Å². The van der Waals surface area contributed by atoms with Gasteiger partial charge in [-0.2, -0.15) is 0 Å². The quantitative estimate of drug-likeness (QED) is 0.413. The molecule has 140 valence electrons. The Morgan fingerprint density at radius 2 is 1.72 bits per heavy atom. The molecule has 0 aliphatic rings. The molecule has 0 fully saturated rings. The molecule has 0 radical (unpaired) electrons. The molecule has 1 atom stereocenters. The van der Waals surface area contributed by atoms with Crippen LogP contribution in [-0.2, 0) is 6.42 Å². The van der Waals surface area contributed by atoms with Gasteiger partial charge < -0.3 is 15.3 Å². The van der Waals surface area contributed by atoms with Crippen molar-refractivity contribution >= 4 is 0 Å². The third-order valence-electron chi connectivity index (χ3n) is 4.40. The van der Waals surface area contributed by atoms with E-state index in [-0.39, 0.29) is 17.6 Å². The Kier molecular flexibility index (Phi) is 8.77. The average Bonchev–Trinajstić information content (AvgIpc) is 2.48. The number of aryl methyl sites for hydroxylation is 1. The van der Waals surface area contributed by atoms with E-state index in [0.29, 0.717) is 17.9 Å². The van der Waals surface area contributed by atoms with Crippen LogP contribution in [0, 0.1) is 12.8 Å². The van der Waals surface area contributed by atoms with Crippen LogP contribution in [0.4, 0.5) is 0 Å². The smallest absolute Gasteiger partial charge is 0.119 e. The van der Waals surface area contributed by atoms with Crippen molar-refractivity contribution < 1.29 is 15.3 Å². The van der Waals surface area contributed by atoms with E-state index in [9.17, 15) is 15.3 Å². The number of aromatic hydroxyl groups is 2. The topological polar surface area (TPSA) is 60.7 Å². The number of hydrogen-bond donors (Lipinski definition) is 3. The third kappa shape index (κ3) is 8.26. The maximum atomic E-state index is 9.98. The van der Waals surface area contributed by atoms with Crippen molar-refractivity contribution in [1.82, 2.24) is 0 Å². The normalized spacial score (nSPS) is 14.2. The maximum absolute atomic E-state index is 9.98. The van der Waals surface area contributed by atoms with Gasteiger partial charge in [0.1, 0.15) is 11.5 Å². The maximum Gasteiger partial charge on any atom is 0.119 e. The molecule has 3 nitrogen and oxygen atoms in total. The van der Waals surface area contributed by atoms with E-state index in [1.165, 1.54) is 11.1 Å². The van der Waals surface area contributed by atoms with E-state index < -0.39 is 0 Å². The minimum Gasteiger partial charge on any atom is -0.508 e. The van der Waals surface area contributed by atoms with Gasteiger partial charge in [-0.3, -0.25) is 0 Å². The monoisotopic (exact) mass is 346 g/mol. The van der Waals surface area contributed by atoms with E-state index >= 15 is 0 Å². The molecule has 0 aromatic heterocycles. The largest absolute Gasteiger partial charge is 0.508 e. The van der Waals surface area contributed by atoms with Crippen molar-refractivity contribution in [3.63, 3.8) is 0 Å². The second-order valence-electron chi connectivity index (χ2n) is 7.60. The standard InChI is InChI=1S/C22H34O3/c1-15(2)11-20(23)12-17(4)8-6-7-16(3)9-10-19-14-21(24)18(5)13-22(19)25/h8-9,13-15,20,23-25H,6-7,10-12H2,1-5H3. The van der Waals surface area contributed by atoms with Gasteiger partial charge in [-0.05, 0) is 76.5 Å². The van der Waals surface area contributed by atoms with Crippen LogP contribution in [0.3, 0.4) is 0 Å². The second kappa shape index (κ2) is 10.3. The summed E-state index contributed by atoms with van der Waals surface area (Å²) in [6.45, 7) is 10.2. The van der Waals surface area contributed by atoms with Gasteiger partial charge in [0.25, 0.3) is 0 Å². The lowest BCUT2D eigenvalue weighted by Crippen LogP contribution is -2.10. The van der Waals surface area contributed by atoms with Crippen LogP contribution in [0.2, 0.25) is 0 Å². The number of benzene rings is 1. The fourth-order valence-corrected chi connectivity index (χ4v) is 2.90. The number of allylic oxidation sites excluding steroid dienone is 3. The van der Waals surface area contributed by atoms with Crippen LogP contribution >= 0.6 is 0 Å². The van der Waals surface area contributed by atoms with Gasteiger partial charge in [0.2, 0.25) is 0 Å². The predicted octanol–water partition coefficient (Wildman–Crippen LogP) is 5.42. The van der Waals surface area contributed by atoms with Crippen LogP contribution in [0.25, 0.3) is 0 Å². The Hall–Kier alpha value is -1.74. The van der Waals surface area contributed by atoms with Crippen molar-refractivity contribution in [2.75, 3.05) is 0 Å². The van der Waals surface area contributed by atoms with E-state index in [0.717, 1.165) is 31.2 Å². The van der Waals surface area contributed by atoms with Crippen molar-refractivity contribution in [3.05, 3.63) is 46.6 Å². The van der Waals surface area contributed by atoms with Crippen LogP contribution in [-0.4, -0.2) is 21.4 Å². The molecule has 1 unspecified atom stereocenters. The Morgan fingerprint density at radius 1 is 1.04 bits per heavy atom. The highest BCUT2D eigenvalue weighted by Gasteiger charge is 2.07. The van der Waals surface area contributed by atoms with Crippen LogP contribution in [0.5, 0.6) is 11.5 Å². The lowest BCUT2D eigenvalue weighted by Gasteiger charge is -2.13. The predicted molar refractivity (Wildman–Crippen MR) is 105 cm³/mol. The third-order valence-corrected chi connectivity index (χ3v) is 4.40. The highest BCUT2D eigenvalue weighted by Crippen LogP contribution is 2.27. The SMILES string of the molecule is CC(=CCc1cc(O)c(C)cc1O)CCC=C(C)CC(O)CC(C)C. The molecule has 0 bridgehead atoms. The Morgan fingerprint density at radius 3 is 2.36 bits per heavy atom. The van der Waals surface area contributed by atoms with E-state index in [1.54, 1.807) is 19.1 Å². The van der Waals surface area contributed by atoms with E-state index in [1.807, 2.05) is 0 Å². The zero-order valence-corrected chi connectivity index (χ0v) is 16.3. The van der Waals surface area contributed by atoms with Crippen LogP contribution in [0.15, 0.2) is 35.4 Å². The number of rotatable bonds is 9. The van der Waals surface area contributed by atoms with Crippen LogP contribution in [0.1, 0.15) is 64.5 Å². The highest BCUT2D eigenvalue weighted by atomic mass is 16.3. The molecule has 0 heterocycles. The summed E-state index contributed by atoms with van der Waals surface area (Å²) >= 11 is 0. The lowest BCUT2D eigenvalue weighted by atomic mass is 9.99. The molecule has 25 heavy (non-hydrogen) atoms. The molecule has 3 N–H and O–H groups in total. The average molecular weight is 347 g/mol. The van der Waals surface area contributed by atoms with Gasteiger partial charge in [0, 0.05) is 5.56 Å².